The number of hydrogen-bond donors (Lipinski definition) is 1. The smallest absolute Gasteiger partial charge is 0.236 e. The first-order valence-electron chi connectivity index (χ1n) is 4.25. The molecule has 0 unspecified atom stereocenters. The number of halogens is 1. The van der Waals surface area contributed by atoms with Crippen molar-refractivity contribution in [2.24, 2.45) is 0 Å². The number of rotatable bonds is 2. The molecular weight excluding hydrogens is 216 g/mol. The average molecular weight is 223 g/mol. The minimum absolute atomic E-state index is 0.502. The number of hydrogen-bond acceptors (Lipinski definition) is 2. The summed E-state index contributed by atoms with van der Waals surface area (Å²) >= 11 is 5.82. The van der Waals surface area contributed by atoms with Gasteiger partial charge in [0.15, 0.2) is 0 Å². The Morgan fingerprint density at radius 2 is 2.20 bits per heavy atom. The summed E-state index contributed by atoms with van der Waals surface area (Å²) in [6, 6.07) is 7.21. The van der Waals surface area contributed by atoms with Crippen molar-refractivity contribution in [3.63, 3.8) is 0 Å². The third-order valence-electron chi connectivity index (χ3n) is 1.98. The average Bonchev–Trinajstić information content (AvgIpc) is 2.56. The molecule has 1 aromatic carbocycles. The summed E-state index contributed by atoms with van der Waals surface area (Å²) in [5.41, 5.74) is 1.59. The molecule has 0 fully saturated rings. The van der Waals surface area contributed by atoms with Gasteiger partial charge in [-0.15, -0.1) is 0 Å². The third-order valence-corrected chi connectivity index (χ3v) is 2.21. The molecule has 5 heteroatoms. The molecule has 76 valence electrons. The number of fused-ring (bicyclic) bond motifs is 1. The first-order valence-corrected chi connectivity index (χ1v) is 4.63. The molecule has 15 heavy (non-hydrogen) atoms. The second-order valence-corrected chi connectivity index (χ2v) is 3.49. The van der Waals surface area contributed by atoms with Gasteiger partial charge < -0.3 is 4.98 Å². The van der Waals surface area contributed by atoms with E-state index in [2.05, 4.69) is 4.98 Å². The van der Waals surface area contributed by atoms with Gasteiger partial charge in [-0.25, -0.2) is 0 Å². The van der Waals surface area contributed by atoms with Crippen LogP contribution < -0.4 is 0 Å². The number of nitro groups is 1. The molecule has 2 aromatic rings. The van der Waals surface area contributed by atoms with Gasteiger partial charge in [-0.3, -0.25) is 10.1 Å². The lowest BCUT2D eigenvalue weighted by Gasteiger charge is -1.88. The van der Waals surface area contributed by atoms with Crippen LogP contribution >= 0.6 is 11.6 Å². The van der Waals surface area contributed by atoms with Gasteiger partial charge in [0.1, 0.15) is 0 Å². The number of nitrogens with zero attached hydrogens (tertiary/aromatic N) is 1. The van der Waals surface area contributed by atoms with Crippen LogP contribution in [-0.2, 0) is 0 Å². The molecule has 0 atom stereocenters. The van der Waals surface area contributed by atoms with Crippen LogP contribution in [0.4, 0.5) is 0 Å². The van der Waals surface area contributed by atoms with Crippen molar-refractivity contribution >= 4 is 28.6 Å². The lowest BCUT2D eigenvalue weighted by atomic mass is 10.2. The van der Waals surface area contributed by atoms with E-state index in [-0.39, 0.29) is 0 Å². The molecule has 0 radical (unpaired) electrons. The maximum atomic E-state index is 10.1. The fourth-order valence-electron chi connectivity index (χ4n) is 1.36. The van der Waals surface area contributed by atoms with Crippen molar-refractivity contribution in [1.82, 2.24) is 4.98 Å². The molecule has 0 spiro atoms. The van der Waals surface area contributed by atoms with E-state index in [1.807, 2.05) is 6.07 Å². The number of aromatic nitrogens is 1. The van der Waals surface area contributed by atoms with E-state index < -0.39 is 4.92 Å². The summed E-state index contributed by atoms with van der Waals surface area (Å²) in [5.74, 6) is 0. The van der Waals surface area contributed by atoms with Crippen molar-refractivity contribution in [1.29, 1.82) is 0 Å². The standard InChI is InChI=1S/C10H7ClN2O2/c11-8-1-2-10-7(5-8)6-9(12-10)3-4-13(14)15/h1-6,12H. The zero-order valence-electron chi connectivity index (χ0n) is 7.61. The van der Waals surface area contributed by atoms with Gasteiger partial charge in [0.05, 0.1) is 4.92 Å². The Bertz CT molecular complexity index is 545. The largest absolute Gasteiger partial charge is 0.355 e. The Hall–Kier alpha value is -1.81. The number of nitrogens with one attached hydrogen (secondary N) is 1. The zero-order chi connectivity index (χ0) is 10.8. The van der Waals surface area contributed by atoms with Crippen molar-refractivity contribution < 1.29 is 4.92 Å². The summed E-state index contributed by atoms with van der Waals surface area (Å²) in [7, 11) is 0. The van der Waals surface area contributed by atoms with Crippen molar-refractivity contribution in [2.75, 3.05) is 0 Å². The van der Waals surface area contributed by atoms with Crippen LogP contribution in [0.5, 0.6) is 0 Å². The minimum Gasteiger partial charge on any atom is -0.355 e. The lowest BCUT2D eigenvalue weighted by molar-refractivity contribution is -0.400. The Morgan fingerprint density at radius 3 is 2.93 bits per heavy atom. The van der Waals surface area contributed by atoms with E-state index >= 15 is 0 Å². The van der Waals surface area contributed by atoms with Gasteiger partial charge in [-0.1, -0.05) is 11.6 Å². The summed E-state index contributed by atoms with van der Waals surface area (Å²) in [4.78, 5) is 12.7. The molecule has 0 bridgehead atoms. The maximum Gasteiger partial charge on any atom is 0.236 e. The van der Waals surface area contributed by atoms with Gasteiger partial charge in [0, 0.05) is 27.7 Å². The van der Waals surface area contributed by atoms with Crippen molar-refractivity contribution in [2.45, 2.75) is 0 Å². The van der Waals surface area contributed by atoms with Gasteiger partial charge in [0.25, 0.3) is 0 Å². The van der Waals surface area contributed by atoms with E-state index in [4.69, 9.17) is 11.6 Å². The highest BCUT2D eigenvalue weighted by Crippen LogP contribution is 2.20. The third kappa shape index (κ3) is 2.16. The van der Waals surface area contributed by atoms with E-state index in [0.29, 0.717) is 10.7 Å². The molecule has 1 aromatic heterocycles. The quantitative estimate of drug-likeness (QED) is 0.627. The fraction of sp³-hybridized carbons (Fsp3) is 0. The molecule has 0 aliphatic heterocycles. The second-order valence-electron chi connectivity index (χ2n) is 3.06. The highest BCUT2D eigenvalue weighted by atomic mass is 35.5. The van der Waals surface area contributed by atoms with Gasteiger partial charge >= 0.3 is 0 Å². The summed E-state index contributed by atoms with van der Waals surface area (Å²) in [6.07, 6.45) is 2.31. The highest BCUT2D eigenvalue weighted by molar-refractivity contribution is 6.31. The first-order chi connectivity index (χ1) is 7.15. The topological polar surface area (TPSA) is 58.9 Å². The highest BCUT2D eigenvalue weighted by Gasteiger charge is 1.99. The molecule has 0 saturated carbocycles. The Kier molecular flexibility index (Phi) is 2.43. The van der Waals surface area contributed by atoms with Crippen LogP contribution in [-0.4, -0.2) is 9.91 Å². The van der Waals surface area contributed by atoms with Crippen LogP contribution in [0.15, 0.2) is 30.5 Å². The van der Waals surface area contributed by atoms with Crippen LogP contribution in [0.25, 0.3) is 17.0 Å². The van der Waals surface area contributed by atoms with Gasteiger partial charge in [-0.2, -0.15) is 0 Å². The molecule has 2 rings (SSSR count). The van der Waals surface area contributed by atoms with E-state index in [9.17, 15) is 10.1 Å². The summed E-state index contributed by atoms with van der Waals surface area (Å²) in [5, 5.41) is 11.7. The normalized spacial score (nSPS) is 11.3. The van der Waals surface area contributed by atoms with E-state index in [0.717, 1.165) is 17.1 Å². The van der Waals surface area contributed by atoms with Crippen LogP contribution in [0.3, 0.4) is 0 Å². The molecule has 4 nitrogen and oxygen atoms in total. The number of H-pyrrole nitrogens is 1. The molecule has 1 heterocycles. The predicted molar refractivity (Wildman–Crippen MR) is 59.3 cm³/mol. The monoisotopic (exact) mass is 222 g/mol. The molecule has 0 saturated heterocycles. The van der Waals surface area contributed by atoms with Gasteiger partial charge in [-0.05, 0) is 24.3 Å². The Morgan fingerprint density at radius 1 is 1.40 bits per heavy atom. The fourth-order valence-corrected chi connectivity index (χ4v) is 1.54. The number of benzene rings is 1. The SMILES string of the molecule is O=[N+]([O-])C=Cc1cc2cc(Cl)ccc2[nH]1. The van der Waals surface area contributed by atoms with Crippen LogP contribution in [0, 0.1) is 10.1 Å². The maximum absolute atomic E-state index is 10.1. The zero-order valence-corrected chi connectivity index (χ0v) is 8.36. The Balaban J connectivity index is 2.43. The molecular formula is C10H7ClN2O2. The number of aromatic amines is 1. The van der Waals surface area contributed by atoms with E-state index in [1.54, 1.807) is 18.2 Å². The van der Waals surface area contributed by atoms with E-state index in [1.165, 1.54) is 6.08 Å². The van der Waals surface area contributed by atoms with Crippen molar-refractivity contribution in [3.05, 3.63) is 51.3 Å². The predicted octanol–water partition coefficient (Wildman–Crippen LogP) is 3.07. The summed E-state index contributed by atoms with van der Waals surface area (Å²) in [6.45, 7) is 0. The second kappa shape index (κ2) is 3.74. The lowest BCUT2D eigenvalue weighted by Crippen LogP contribution is -1.81. The van der Waals surface area contributed by atoms with Crippen LogP contribution in [0.2, 0.25) is 5.02 Å². The first kappa shape index (κ1) is 9.73. The molecule has 0 amide bonds. The van der Waals surface area contributed by atoms with Gasteiger partial charge in [0.2, 0.25) is 6.20 Å². The molecule has 0 aliphatic rings. The minimum atomic E-state index is -0.502. The Labute approximate surface area is 90.3 Å². The summed E-state index contributed by atoms with van der Waals surface area (Å²) < 4.78 is 0. The van der Waals surface area contributed by atoms with Crippen molar-refractivity contribution in [3.8, 4) is 0 Å². The molecule has 0 aliphatic carbocycles. The van der Waals surface area contributed by atoms with Crippen LogP contribution in [0.1, 0.15) is 5.69 Å². The molecule has 1 N–H and O–H groups in total.